The van der Waals surface area contributed by atoms with Crippen molar-refractivity contribution in [1.82, 2.24) is 14.8 Å². The minimum absolute atomic E-state index is 0.0409. The molecule has 0 N–H and O–H groups in total. The van der Waals surface area contributed by atoms with Crippen LogP contribution in [0, 0.1) is 5.92 Å². The summed E-state index contributed by atoms with van der Waals surface area (Å²) in [5.41, 5.74) is 0.332. The third-order valence-corrected chi connectivity index (χ3v) is 4.23. The van der Waals surface area contributed by atoms with E-state index in [1.54, 1.807) is 23.0 Å². The summed E-state index contributed by atoms with van der Waals surface area (Å²) in [6.07, 6.45) is 2.04. The van der Waals surface area contributed by atoms with Crippen molar-refractivity contribution in [2.45, 2.75) is 45.8 Å². The fourth-order valence-corrected chi connectivity index (χ4v) is 2.75. The lowest BCUT2D eigenvalue weighted by Gasteiger charge is -2.27. The van der Waals surface area contributed by atoms with Gasteiger partial charge in [0, 0.05) is 26.3 Å². The van der Waals surface area contributed by atoms with E-state index in [0.717, 1.165) is 5.69 Å². The molecule has 0 spiro atoms. The van der Waals surface area contributed by atoms with Crippen molar-refractivity contribution in [2.24, 2.45) is 5.92 Å². The molecule has 1 aliphatic heterocycles. The number of carbonyl (C=O) groups is 2. The average molecular weight is 333 g/mol. The van der Waals surface area contributed by atoms with Crippen LogP contribution in [0.4, 0.5) is 4.79 Å². The highest BCUT2D eigenvalue weighted by atomic mass is 16.6. The molecule has 24 heavy (non-hydrogen) atoms. The van der Waals surface area contributed by atoms with Crippen molar-refractivity contribution in [1.29, 1.82) is 0 Å². The molecule has 6 nitrogen and oxygen atoms in total. The van der Waals surface area contributed by atoms with E-state index in [9.17, 15) is 9.59 Å². The predicted molar refractivity (Wildman–Crippen MR) is 91.3 cm³/mol. The van der Waals surface area contributed by atoms with Gasteiger partial charge in [-0.2, -0.15) is 0 Å². The third kappa shape index (κ3) is 4.46. The van der Waals surface area contributed by atoms with E-state index in [1.807, 2.05) is 45.9 Å². The van der Waals surface area contributed by atoms with Crippen molar-refractivity contribution in [3.05, 3.63) is 30.1 Å². The molecular formula is C18H27N3O3. The number of amides is 2. The van der Waals surface area contributed by atoms with Crippen LogP contribution in [-0.4, -0.2) is 52.5 Å². The SMILES string of the molecule is CC(c1ccccn1)N(C)C(=O)C1CCN(C(=O)OC(C)(C)C)C1. The number of ether oxygens (including phenoxy) is 1. The van der Waals surface area contributed by atoms with E-state index in [2.05, 4.69) is 4.98 Å². The third-order valence-electron chi connectivity index (χ3n) is 4.23. The van der Waals surface area contributed by atoms with Gasteiger partial charge in [-0.15, -0.1) is 0 Å². The first kappa shape index (κ1) is 18.2. The quantitative estimate of drug-likeness (QED) is 0.853. The molecule has 2 unspecified atom stereocenters. The van der Waals surface area contributed by atoms with Gasteiger partial charge in [0.15, 0.2) is 0 Å². The number of hydrogen-bond donors (Lipinski definition) is 0. The number of likely N-dealkylation sites (tertiary alicyclic amines) is 1. The summed E-state index contributed by atoms with van der Waals surface area (Å²) in [6.45, 7) is 8.44. The van der Waals surface area contributed by atoms with Gasteiger partial charge in [-0.1, -0.05) is 6.07 Å². The molecule has 0 aromatic carbocycles. The lowest BCUT2D eigenvalue weighted by Crippen LogP contribution is -2.39. The molecule has 2 atom stereocenters. The number of pyridine rings is 1. The minimum Gasteiger partial charge on any atom is -0.444 e. The molecule has 1 aromatic heterocycles. The van der Waals surface area contributed by atoms with E-state index in [4.69, 9.17) is 4.74 Å². The summed E-state index contributed by atoms with van der Waals surface area (Å²) in [6, 6.07) is 5.58. The molecule has 2 heterocycles. The van der Waals surface area contributed by atoms with E-state index in [-0.39, 0.29) is 24.0 Å². The summed E-state index contributed by atoms with van der Waals surface area (Å²) in [4.78, 5) is 32.5. The molecule has 0 bridgehead atoms. The Morgan fingerprint density at radius 2 is 2.08 bits per heavy atom. The summed E-state index contributed by atoms with van der Waals surface area (Å²) < 4.78 is 5.38. The number of rotatable bonds is 3. The van der Waals surface area contributed by atoms with Crippen molar-refractivity contribution in [2.75, 3.05) is 20.1 Å². The largest absolute Gasteiger partial charge is 0.444 e. The van der Waals surface area contributed by atoms with Crippen LogP contribution in [-0.2, 0) is 9.53 Å². The van der Waals surface area contributed by atoms with Gasteiger partial charge in [0.2, 0.25) is 5.91 Å². The standard InChI is InChI=1S/C18H27N3O3/c1-13(15-8-6-7-10-19-15)20(5)16(22)14-9-11-21(12-14)17(23)24-18(2,3)4/h6-8,10,13-14H,9,11-12H2,1-5H3. The first-order valence-electron chi connectivity index (χ1n) is 8.34. The molecule has 1 aromatic rings. The first-order chi connectivity index (χ1) is 11.2. The Morgan fingerprint density at radius 1 is 1.38 bits per heavy atom. The summed E-state index contributed by atoms with van der Waals surface area (Å²) in [7, 11) is 1.79. The zero-order chi connectivity index (χ0) is 17.9. The maximum atomic E-state index is 12.7. The molecule has 0 radical (unpaired) electrons. The molecule has 0 aliphatic carbocycles. The second-order valence-corrected chi connectivity index (χ2v) is 7.29. The van der Waals surface area contributed by atoms with Crippen LogP contribution in [0.25, 0.3) is 0 Å². The smallest absolute Gasteiger partial charge is 0.410 e. The van der Waals surface area contributed by atoms with E-state index in [0.29, 0.717) is 19.5 Å². The first-order valence-corrected chi connectivity index (χ1v) is 8.34. The van der Waals surface area contributed by atoms with Gasteiger partial charge in [-0.05, 0) is 46.2 Å². The molecule has 1 saturated heterocycles. The van der Waals surface area contributed by atoms with Crippen LogP contribution < -0.4 is 0 Å². The molecule has 2 amide bonds. The van der Waals surface area contributed by atoms with Gasteiger partial charge in [-0.3, -0.25) is 9.78 Å². The topological polar surface area (TPSA) is 62.7 Å². The van der Waals surface area contributed by atoms with Crippen LogP contribution in [0.15, 0.2) is 24.4 Å². The van der Waals surface area contributed by atoms with Crippen molar-refractivity contribution < 1.29 is 14.3 Å². The lowest BCUT2D eigenvalue weighted by molar-refractivity contribution is -0.135. The van der Waals surface area contributed by atoms with Crippen molar-refractivity contribution >= 4 is 12.0 Å². The number of carbonyl (C=O) groups excluding carboxylic acids is 2. The van der Waals surface area contributed by atoms with Gasteiger partial charge in [0.05, 0.1) is 17.7 Å². The van der Waals surface area contributed by atoms with Crippen LogP contribution in [0.2, 0.25) is 0 Å². The highest BCUT2D eigenvalue weighted by Gasteiger charge is 2.35. The van der Waals surface area contributed by atoms with Crippen LogP contribution in [0.3, 0.4) is 0 Å². The van der Waals surface area contributed by atoms with Gasteiger partial charge < -0.3 is 14.5 Å². The molecule has 132 valence electrons. The highest BCUT2D eigenvalue weighted by Crippen LogP contribution is 2.24. The monoisotopic (exact) mass is 333 g/mol. The van der Waals surface area contributed by atoms with Gasteiger partial charge >= 0.3 is 6.09 Å². The van der Waals surface area contributed by atoms with E-state index >= 15 is 0 Å². The van der Waals surface area contributed by atoms with Gasteiger partial charge in [0.25, 0.3) is 0 Å². The molecule has 1 fully saturated rings. The predicted octanol–water partition coefficient (Wildman–Crippen LogP) is 2.86. The van der Waals surface area contributed by atoms with Crippen LogP contribution in [0.1, 0.15) is 45.9 Å². The van der Waals surface area contributed by atoms with Crippen molar-refractivity contribution in [3.63, 3.8) is 0 Å². The summed E-state index contributed by atoms with van der Waals surface area (Å²) >= 11 is 0. The Kier molecular flexibility index (Phi) is 5.47. The van der Waals surface area contributed by atoms with E-state index < -0.39 is 5.60 Å². The average Bonchev–Trinajstić information content (AvgIpc) is 3.02. The zero-order valence-corrected chi connectivity index (χ0v) is 15.2. The Morgan fingerprint density at radius 3 is 2.67 bits per heavy atom. The Bertz CT molecular complexity index is 583. The Labute approximate surface area is 143 Å². The number of aromatic nitrogens is 1. The van der Waals surface area contributed by atoms with Gasteiger partial charge in [0.1, 0.15) is 5.60 Å². The van der Waals surface area contributed by atoms with E-state index in [1.165, 1.54) is 0 Å². The fraction of sp³-hybridized carbons (Fsp3) is 0.611. The number of hydrogen-bond acceptors (Lipinski definition) is 4. The van der Waals surface area contributed by atoms with Gasteiger partial charge in [-0.25, -0.2) is 4.79 Å². The number of nitrogens with zero attached hydrogens (tertiary/aromatic N) is 3. The molecule has 2 rings (SSSR count). The summed E-state index contributed by atoms with van der Waals surface area (Å²) in [5.74, 6) is -0.145. The highest BCUT2D eigenvalue weighted by molar-refractivity contribution is 5.81. The molecular weight excluding hydrogens is 306 g/mol. The Balaban J connectivity index is 1.95. The van der Waals surface area contributed by atoms with Crippen LogP contribution in [0.5, 0.6) is 0 Å². The minimum atomic E-state index is -0.524. The Hall–Kier alpha value is -2.11. The maximum absolute atomic E-state index is 12.7. The molecule has 1 aliphatic rings. The fourth-order valence-electron chi connectivity index (χ4n) is 2.75. The lowest BCUT2D eigenvalue weighted by atomic mass is 10.1. The zero-order valence-electron chi connectivity index (χ0n) is 15.2. The second-order valence-electron chi connectivity index (χ2n) is 7.29. The maximum Gasteiger partial charge on any atom is 0.410 e. The van der Waals surface area contributed by atoms with Crippen molar-refractivity contribution in [3.8, 4) is 0 Å². The molecule has 6 heteroatoms. The van der Waals surface area contributed by atoms with Crippen LogP contribution >= 0.6 is 0 Å². The normalized spacial score (nSPS) is 19.0. The summed E-state index contributed by atoms with van der Waals surface area (Å²) in [5, 5.41) is 0. The molecule has 0 saturated carbocycles. The second kappa shape index (κ2) is 7.20.